The molecular formula is C14H14N2O2S. The highest BCUT2D eigenvalue weighted by atomic mass is 32.2. The lowest BCUT2D eigenvalue weighted by Gasteiger charge is -2.05. The Bertz CT molecular complexity index is 599. The van der Waals surface area contributed by atoms with Crippen LogP contribution in [0.25, 0.3) is 0 Å². The van der Waals surface area contributed by atoms with E-state index in [-0.39, 0.29) is 0 Å². The van der Waals surface area contributed by atoms with Gasteiger partial charge in [0.05, 0.1) is 19.3 Å². The van der Waals surface area contributed by atoms with Gasteiger partial charge in [-0.1, -0.05) is 35.9 Å². The minimum Gasteiger partial charge on any atom is -0.496 e. The minimum atomic E-state index is 0.549. The Kier molecular flexibility index (Phi) is 4.87. The van der Waals surface area contributed by atoms with Crippen molar-refractivity contribution in [3.8, 4) is 17.6 Å². The van der Waals surface area contributed by atoms with Crippen molar-refractivity contribution in [3.05, 3.63) is 35.7 Å². The molecule has 0 radical (unpaired) electrons. The first kappa shape index (κ1) is 13.5. The van der Waals surface area contributed by atoms with Gasteiger partial charge in [-0.2, -0.15) is 0 Å². The zero-order chi connectivity index (χ0) is 13.5. The van der Waals surface area contributed by atoms with Gasteiger partial charge in [0.25, 0.3) is 5.22 Å². The highest BCUT2D eigenvalue weighted by Gasteiger charge is 2.09. The van der Waals surface area contributed by atoms with Gasteiger partial charge in [-0.25, -0.2) is 0 Å². The molecule has 2 aromatic rings. The number of para-hydroxylation sites is 1. The fourth-order valence-corrected chi connectivity index (χ4v) is 2.14. The molecule has 0 unspecified atom stereocenters. The largest absolute Gasteiger partial charge is 0.496 e. The van der Waals surface area contributed by atoms with E-state index >= 15 is 0 Å². The van der Waals surface area contributed by atoms with Crippen LogP contribution in [-0.2, 0) is 6.42 Å². The number of aromatic nitrogens is 2. The van der Waals surface area contributed by atoms with E-state index in [9.17, 15) is 0 Å². The third-order valence-corrected chi connectivity index (χ3v) is 3.13. The van der Waals surface area contributed by atoms with Gasteiger partial charge in [-0.3, -0.25) is 0 Å². The Morgan fingerprint density at radius 1 is 1.32 bits per heavy atom. The number of methoxy groups -OCH3 is 1. The second-order valence-electron chi connectivity index (χ2n) is 3.67. The molecular weight excluding hydrogens is 260 g/mol. The maximum absolute atomic E-state index is 5.55. The van der Waals surface area contributed by atoms with Crippen LogP contribution in [0.3, 0.4) is 0 Å². The fraction of sp³-hybridized carbons (Fsp3) is 0.286. The average Bonchev–Trinajstić information content (AvgIpc) is 2.87. The van der Waals surface area contributed by atoms with Gasteiger partial charge < -0.3 is 9.15 Å². The maximum Gasteiger partial charge on any atom is 0.277 e. The molecule has 0 N–H and O–H groups in total. The summed E-state index contributed by atoms with van der Waals surface area (Å²) in [4.78, 5) is 0. The van der Waals surface area contributed by atoms with E-state index in [1.165, 1.54) is 11.8 Å². The molecule has 0 atom stereocenters. The molecule has 2 rings (SSSR count). The Morgan fingerprint density at radius 3 is 2.95 bits per heavy atom. The van der Waals surface area contributed by atoms with Crippen LogP contribution >= 0.6 is 11.8 Å². The Morgan fingerprint density at radius 2 is 2.16 bits per heavy atom. The molecule has 0 aliphatic heterocycles. The lowest BCUT2D eigenvalue weighted by Crippen LogP contribution is -1.93. The molecule has 0 bridgehead atoms. The summed E-state index contributed by atoms with van der Waals surface area (Å²) in [6.45, 7) is 1.81. The van der Waals surface area contributed by atoms with E-state index < -0.39 is 0 Å². The monoisotopic (exact) mass is 274 g/mol. The number of benzene rings is 1. The summed E-state index contributed by atoms with van der Waals surface area (Å²) >= 11 is 1.44. The second kappa shape index (κ2) is 6.86. The van der Waals surface area contributed by atoms with Crippen LogP contribution in [-0.4, -0.2) is 23.1 Å². The van der Waals surface area contributed by atoms with E-state index in [2.05, 4.69) is 22.0 Å². The minimum absolute atomic E-state index is 0.549. The molecule has 0 aliphatic rings. The molecule has 1 aromatic heterocycles. The zero-order valence-corrected chi connectivity index (χ0v) is 11.7. The highest BCUT2D eigenvalue weighted by molar-refractivity contribution is 7.99. The van der Waals surface area contributed by atoms with Gasteiger partial charge in [0.2, 0.25) is 5.89 Å². The Hall–Kier alpha value is -1.93. The lowest BCUT2D eigenvalue weighted by molar-refractivity contribution is 0.400. The third kappa shape index (κ3) is 3.76. The van der Waals surface area contributed by atoms with Crippen molar-refractivity contribution in [1.29, 1.82) is 0 Å². The van der Waals surface area contributed by atoms with Crippen LogP contribution in [0.4, 0.5) is 0 Å². The van der Waals surface area contributed by atoms with E-state index in [4.69, 9.17) is 9.15 Å². The summed E-state index contributed by atoms with van der Waals surface area (Å²) < 4.78 is 10.8. The van der Waals surface area contributed by atoms with Crippen molar-refractivity contribution >= 4 is 11.8 Å². The molecule has 1 heterocycles. The summed E-state index contributed by atoms with van der Waals surface area (Å²) in [5, 5.41) is 8.55. The third-order valence-electron chi connectivity index (χ3n) is 2.43. The molecule has 0 saturated heterocycles. The van der Waals surface area contributed by atoms with E-state index in [1.807, 2.05) is 31.2 Å². The van der Waals surface area contributed by atoms with Crippen LogP contribution < -0.4 is 4.74 Å². The summed E-state index contributed by atoms with van der Waals surface area (Å²) in [6.07, 6.45) is 0.566. The SMILES string of the molecule is CC#CCSc1nnc(Cc2ccccc2OC)o1. The normalized spacial score (nSPS) is 9.79. The first-order chi connectivity index (χ1) is 9.33. The number of rotatable bonds is 5. The number of ether oxygens (including phenoxy) is 1. The highest BCUT2D eigenvalue weighted by Crippen LogP contribution is 2.22. The molecule has 0 aliphatic carbocycles. The Balaban J connectivity index is 2.04. The molecule has 5 heteroatoms. The molecule has 0 saturated carbocycles. The molecule has 19 heavy (non-hydrogen) atoms. The van der Waals surface area contributed by atoms with Crippen molar-refractivity contribution in [3.63, 3.8) is 0 Å². The number of nitrogens with zero attached hydrogens (tertiary/aromatic N) is 2. The van der Waals surface area contributed by atoms with Crippen LogP contribution in [0.15, 0.2) is 33.9 Å². The van der Waals surface area contributed by atoms with Gasteiger partial charge in [0.1, 0.15) is 5.75 Å². The standard InChI is InChI=1S/C14H14N2O2S/c1-3-4-9-19-14-16-15-13(18-14)10-11-7-5-6-8-12(11)17-2/h5-8H,9-10H2,1-2H3. The van der Waals surface area contributed by atoms with E-state index in [0.717, 1.165) is 11.3 Å². The maximum atomic E-state index is 5.55. The van der Waals surface area contributed by atoms with Crippen molar-refractivity contribution in [1.82, 2.24) is 10.2 Å². The van der Waals surface area contributed by atoms with Gasteiger partial charge in [0.15, 0.2) is 0 Å². The molecule has 0 fully saturated rings. The van der Waals surface area contributed by atoms with Crippen molar-refractivity contribution in [2.45, 2.75) is 18.6 Å². The first-order valence-corrected chi connectivity index (χ1v) is 6.78. The van der Waals surface area contributed by atoms with Gasteiger partial charge in [-0.05, 0) is 13.0 Å². The van der Waals surface area contributed by atoms with Crippen LogP contribution in [0.1, 0.15) is 18.4 Å². The zero-order valence-electron chi connectivity index (χ0n) is 10.8. The topological polar surface area (TPSA) is 48.2 Å². The van der Waals surface area contributed by atoms with Crippen molar-refractivity contribution in [2.24, 2.45) is 0 Å². The average molecular weight is 274 g/mol. The number of thioether (sulfide) groups is 1. The number of hydrogen-bond acceptors (Lipinski definition) is 5. The first-order valence-electron chi connectivity index (χ1n) is 5.80. The van der Waals surface area contributed by atoms with E-state index in [1.54, 1.807) is 7.11 Å². The predicted octanol–water partition coefficient (Wildman–Crippen LogP) is 2.78. The molecule has 98 valence electrons. The summed E-state index contributed by atoms with van der Waals surface area (Å²) in [5.41, 5.74) is 1.03. The quantitative estimate of drug-likeness (QED) is 0.620. The van der Waals surface area contributed by atoms with Gasteiger partial charge in [-0.15, -0.1) is 16.1 Å². The fourth-order valence-electron chi connectivity index (χ4n) is 1.55. The lowest BCUT2D eigenvalue weighted by atomic mass is 10.1. The smallest absolute Gasteiger partial charge is 0.277 e. The molecule has 4 nitrogen and oxygen atoms in total. The van der Waals surface area contributed by atoms with Crippen LogP contribution in [0, 0.1) is 11.8 Å². The molecule has 0 spiro atoms. The van der Waals surface area contributed by atoms with Crippen LogP contribution in [0.2, 0.25) is 0 Å². The molecule has 1 aromatic carbocycles. The summed E-state index contributed by atoms with van der Waals surface area (Å²) in [6, 6.07) is 7.79. The van der Waals surface area contributed by atoms with Crippen molar-refractivity contribution < 1.29 is 9.15 Å². The second-order valence-corrected chi connectivity index (χ2v) is 4.59. The summed E-state index contributed by atoms with van der Waals surface area (Å²) in [5.74, 6) is 7.83. The van der Waals surface area contributed by atoms with Crippen molar-refractivity contribution in [2.75, 3.05) is 12.9 Å². The van der Waals surface area contributed by atoms with Gasteiger partial charge >= 0.3 is 0 Å². The van der Waals surface area contributed by atoms with Gasteiger partial charge in [0, 0.05) is 5.56 Å². The Labute approximate surface area is 116 Å². The van der Waals surface area contributed by atoms with Crippen LogP contribution in [0.5, 0.6) is 5.75 Å². The number of hydrogen-bond donors (Lipinski definition) is 0. The van der Waals surface area contributed by atoms with E-state index in [0.29, 0.717) is 23.3 Å². The molecule has 0 amide bonds. The summed E-state index contributed by atoms with van der Waals surface area (Å²) in [7, 11) is 1.65. The predicted molar refractivity (Wildman–Crippen MR) is 74.3 cm³/mol.